The first-order chi connectivity index (χ1) is 14.2. The van der Waals surface area contributed by atoms with Crippen molar-refractivity contribution in [3.63, 3.8) is 0 Å². The van der Waals surface area contributed by atoms with Gasteiger partial charge in [0.15, 0.2) is 0 Å². The third-order valence-corrected chi connectivity index (χ3v) is 7.07. The highest BCUT2D eigenvalue weighted by molar-refractivity contribution is 6.04. The van der Waals surface area contributed by atoms with Crippen LogP contribution >= 0.6 is 0 Å². The third-order valence-electron chi connectivity index (χ3n) is 7.07. The maximum absolute atomic E-state index is 5.05. The van der Waals surface area contributed by atoms with E-state index in [-0.39, 0.29) is 5.41 Å². The molecule has 0 unspecified atom stereocenters. The molecule has 2 heterocycles. The minimum absolute atomic E-state index is 0.0772. The number of fused-ring (bicyclic) bond motifs is 6. The summed E-state index contributed by atoms with van der Waals surface area (Å²) in [5.41, 5.74) is 8.02. The van der Waals surface area contributed by atoms with Crippen molar-refractivity contribution in [1.29, 1.82) is 0 Å². The summed E-state index contributed by atoms with van der Waals surface area (Å²) >= 11 is 0. The van der Waals surface area contributed by atoms with Crippen LogP contribution in [0.1, 0.15) is 56.2 Å². The summed E-state index contributed by atoms with van der Waals surface area (Å²) in [6, 6.07) is 15.9. The first kappa shape index (κ1) is 17.1. The summed E-state index contributed by atoms with van der Waals surface area (Å²) in [7, 11) is 0. The maximum Gasteiger partial charge on any atom is 0.0756 e. The second-order valence-electron chi connectivity index (χ2n) is 9.35. The molecule has 0 amide bonds. The van der Waals surface area contributed by atoms with Crippen LogP contribution in [0, 0.1) is 5.92 Å². The molecular formula is C27H26N2. The fourth-order valence-electron chi connectivity index (χ4n) is 5.98. The Bertz CT molecular complexity index is 1260. The van der Waals surface area contributed by atoms with Crippen LogP contribution in [0.3, 0.4) is 0 Å². The van der Waals surface area contributed by atoms with Gasteiger partial charge in [-0.1, -0.05) is 57.0 Å². The quantitative estimate of drug-likeness (QED) is 0.382. The Labute approximate surface area is 172 Å². The van der Waals surface area contributed by atoms with Gasteiger partial charge < -0.3 is 0 Å². The lowest BCUT2D eigenvalue weighted by molar-refractivity contribution is 0.541. The van der Waals surface area contributed by atoms with Crippen molar-refractivity contribution in [2.75, 3.05) is 0 Å². The highest BCUT2D eigenvalue weighted by atomic mass is 14.7. The van der Waals surface area contributed by atoms with Crippen LogP contribution in [0.4, 0.5) is 0 Å². The van der Waals surface area contributed by atoms with E-state index in [1.54, 1.807) is 0 Å². The number of hydrogen-bond donors (Lipinski definition) is 0. The summed E-state index contributed by atoms with van der Waals surface area (Å²) in [5, 5.41) is 4.01. The molecule has 0 atom stereocenters. The maximum atomic E-state index is 5.05. The van der Waals surface area contributed by atoms with E-state index in [9.17, 15) is 0 Å². The van der Waals surface area contributed by atoms with E-state index in [4.69, 9.17) is 9.97 Å². The topological polar surface area (TPSA) is 25.8 Å². The molecule has 1 fully saturated rings. The van der Waals surface area contributed by atoms with Crippen molar-refractivity contribution in [2.45, 2.75) is 51.4 Å². The molecule has 0 bridgehead atoms. The summed E-state index contributed by atoms with van der Waals surface area (Å²) in [6.45, 7) is 4.60. The average Bonchev–Trinajstić information content (AvgIpc) is 3.21. The van der Waals surface area contributed by atoms with Gasteiger partial charge in [0, 0.05) is 34.1 Å². The average molecular weight is 379 g/mol. The van der Waals surface area contributed by atoms with E-state index >= 15 is 0 Å². The SMILES string of the molecule is CC(C)Cc1ccc2cnc3c(c2c1)C1(CCCC1)c1cccc2nccc-3c12. The van der Waals surface area contributed by atoms with Crippen molar-refractivity contribution in [3.8, 4) is 11.3 Å². The van der Waals surface area contributed by atoms with Gasteiger partial charge in [-0.05, 0) is 59.4 Å². The molecule has 144 valence electrons. The molecule has 4 aromatic rings. The van der Waals surface area contributed by atoms with Crippen LogP contribution in [0.15, 0.2) is 54.9 Å². The molecule has 0 radical (unpaired) electrons. The van der Waals surface area contributed by atoms with Gasteiger partial charge >= 0.3 is 0 Å². The fourth-order valence-corrected chi connectivity index (χ4v) is 5.98. The lowest BCUT2D eigenvalue weighted by atomic mass is 9.65. The van der Waals surface area contributed by atoms with Gasteiger partial charge in [0.2, 0.25) is 0 Å². The number of pyridine rings is 2. The summed E-state index contributed by atoms with van der Waals surface area (Å²) in [5.74, 6) is 0.658. The van der Waals surface area contributed by atoms with Gasteiger partial charge in [0.1, 0.15) is 0 Å². The van der Waals surface area contributed by atoms with Crippen molar-refractivity contribution < 1.29 is 0 Å². The van der Waals surface area contributed by atoms with Crippen LogP contribution in [0.5, 0.6) is 0 Å². The largest absolute Gasteiger partial charge is 0.256 e. The lowest BCUT2D eigenvalue weighted by Gasteiger charge is -2.38. The molecule has 29 heavy (non-hydrogen) atoms. The Morgan fingerprint density at radius 2 is 1.86 bits per heavy atom. The fraction of sp³-hybridized carbons (Fsp3) is 0.333. The highest BCUT2D eigenvalue weighted by Gasteiger charge is 2.44. The molecule has 2 nitrogen and oxygen atoms in total. The van der Waals surface area contributed by atoms with Gasteiger partial charge in [-0.3, -0.25) is 9.97 Å². The van der Waals surface area contributed by atoms with E-state index in [0.717, 1.165) is 11.9 Å². The first-order valence-electron chi connectivity index (χ1n) is 11.0. The summed E-state index contributed by atoms with van der Waals surface area (Å²) in [4.78, 5) is 9.75. The predicted octanol–water partition coefficient (Wildman–Crippen LogP) is 6.82. The number of rotatable bonds is 2. The molecule has 2 aliphatic rings. The Morgan fingerprint density at radius 1 is 1.00 bits per heavy atom. The predicted molar refractivity (Wildman–Crippen MR) is 120 cm³/mol. The number of aromatic nitrogens is 2. The molecule has 0 N–H and O–H groups in total. The molecule has 2 aromatic heterocycles. The molecule has 2 aromatic carbocycles. The molecule has 1 saturated carbocycles. The number of benzene rings is 2. The van der Waals surface area contributed by atoms with Gasteiger partial charge in [-0.25, -0.2) is 0 Å². The minimum atomic E-state index is 0.0772. The Hall–Kier alpha value is -2.74. The van der Waals surface area contributed by atoms with E-state index in [1.807, 2.05) is 6.20 Å². The highest BCUT2D eigenvalue weighted by Crippen LogP contribution is 2.56. The standard InChI is InChI=1S/C27H26N2/c1-17(2)14-18-8-9-19-16-29-26-20-10-13-28-23-7-5-6-22(24(20)23)27(11-3-4-12-27)25(26)21(19)15-18/h5-10,13,15-17H,3-4,11-12,14H2,1-2H3. The van der Waals surface area contributed by atoms with Crippen molar-refractivity contribution >= 4 is 21.7 Å². The zero-order valence-corrected chi connectivity index (χ0v) is 17.2. The minimum Gasteiger partial charge on any atom is -0.256 e. The van der Waals surface area contributed by atoms with E-state index in [1.165, 1.54) is 69.8 Å². The number of nitrogens with zero attached hydrogens (tertiary/aromatic N) is 2. The van der Waals surface area contributed by atoms with Crippen LogP contribution in [-0.2, 0) is 11.8 Å². The molecule has 2 heteroatoms. The van der Waals surface area contributed by atoms with Crippen LogP contribution in [0.2, 0.25) is 0 Å². The lowest BCUT2D eigenvalue weighted by Crippen LogP contribution is -2.28. The molecule has 1 spiro atoms. The third kappa shape index (κ3) is 2.35. The van der Waals surface area contributed by atoms with Crippen LogP contribution < -0.4 is 0 Å². The Morgan fingerprint density at radius 3 is 2.69 bits per heavy atom. The molecule has 0 aliphatic heterocycles. The molecule has 2 aliphatic carbocycles. The normalized spacial score (nSPS) is 16.8. The molecule has 6 rings (SSSR count). The Balaban J connectivity index is 1.76. The second-order valence-corrected chi connectivity index (χ2v) is 9.35. The zero-order valence-electron chi connectivity index (χ0n) is 17.2. The number of hydrogen-bond acceptors (Lipinski definition) is 2. The van der Waals surface area contributed by atoms with Crippen molar-refractivity contribution in [3.05, 3.63) is 71.5 Å². The molecule has 0 saturated heterocycles. The van der Waals surface area contributed by atoms with Gasteiger partial charge in [-0.15, -0.1) is 0 Å². The Kier molecular flexibility index (Phi) is 3.62. The van der Waals surface area contributed by atoms with Crippen molar-refractivity contribution in [2.24, 2.45) is 5.92 Å². The van der Waals surface area contributed by atoms with Crippen LogP contribution in [0.25, 0.3) is 32.9 Å². The van der Waals surface area contributed by atoms with Crippen LogP contribution in [-0.4, -0.2) is 9.97 Å². The van der Waals surface area contributed by atoms with E-state index < -0.39 is 0 Å². The van der Waals surface area contributed by atoms with Gasteiger partial charge in [0.25, 0.3) is 0 Å². The summed E-state index contributed by atoms with van der Waals surface area (Å²) < 4.78 is 0. The van der Waals surface area contributed by atoms with Gasteiger partial charge in [0.05, 0.1) is 11.2 Å². The smallest absolute Gasteiger partial charge is 0.0756 e. The van der Waals surface area contributed by atoms with E-state index in [0.29, 0.717) is 5.92 Å². The van der Waals surface area contributed by atoms with Crippen molar-refractivity contribution in [1.82, 2.24) is 9.97 Å². The first-order valence-corrected chi connectivity index (χ1v) is 11.0. The van der Waals surface area contributed by atoms with Gasteiger partial charge in [-0.2, -0.15) is 0 Å². The second kappa shape index (κ2) is 6.13. The molecular weight excluding hydrogens is 352 g/mol. The zero-order chi connectivity index (χ0) is 19.6. The van der Waals surface area contributed by atoms with E-state index in [2.05, 4.69) is 62.5 Å². The summed E-state index contributed by atoms with van der Waals surface area (Å²) in [6.07, 6.45) is 10.1. The monoisotopic (exact) mass is 378 g/mol.